The molecule has 1 amide bonds. The van der Waals surface area contributed by atoms with Crippen LogP contribution in [0.5, 0.6) is 0 Å². The molecule has 0 saturated heterocycles. The molecule has 86 valence electrons. The van der Waals surface area contributed by atoms with Gasteiger partial charge in [0.2, 0.25) is 0 Å². The summed E-state index contributed by atoms with van der Waals surface area (Å²) in [6.07, 6.45) is -0.0214. The fourth-order valence-corrected chi connectivity index (χ4v) is 1.40. The van der Waals surface area contributed by atoms with E-state index < -0.39 is 5.97 Å². The molecule has 4 nitrogen and oxygen atoms in total. The van der Waals surface area contributed by atoms with Crippen LogP contribution < -0.4 is 0 Å². The minimum Gasteiger partial charge on any atom is -0.481 e. The second-order valence-corrected chi connectivity index (χ2v) is 3.39. The van der Waals surface area contributed by atoms with Gasteiger partial charge >= 0.3 is 5.97 Å². The SMILES string of the molecule is CCN(CCC(=O)O)C(=O)c1ccccc1. The van der Waals surface area contributed by atoms with Gasteiger partial charge in [-0.25, -0.2) is 0 Å². The largest absolute Gasteiger partial charge is 0.481 e. The van der Waals surface area contributed by atoms with E-state index in [9.17, 15) is 9.59 Å². The van der Waals surface area contributed by atoms with E-state index >= 15 is 0 Å². The molecular formula is C12H15NO3. The van der Waals surface area contributed by atoms with Crippen molar-refractivity contribution in [3.63, 3.8) is 0 Å². The van der Waals surface area contributed by atoms with Crippen LogP contribution in [-0.4, -0.2) is 35.0 Å². The molecule has 0 unspecified atom stereocenters. The highest BCUT2D eigenvalue weighted by atomic mass is 16.4. The van der Waals surface area contributed by atoms with E-state index in [1.165, 1.54) is 4.90 Å². The first-order valence-electron chi connectivity index (χ1n) is 5.21. The van der Waals surface area contributed by atoms with Gasteiger partial charge < -0.3 is 10.0 Å². The second-order valence-electron chi connectivity index (χ2n) is 3.39. The Morgan fingerprint density at radius 3 is 2.38 bits per heavy atom. The first-order valence-corrected chi connectivity index (χ1v) is 5.21. The Balaban J connectivity index is 2.66. The highest BCUT2D eigenvalue weighted by molar-refractivity contribution is 5.94. The molecule has 4 heteroatoms. The van der Waals surface area contributed by atoms with Crippen LogP contribution >= 0.6 is 0 Å². The zero-order chi connectivity index (χ0) is 12.0. The molecular weight excluding hydrogens is 206 g/mol. The Kier molecular flexibility index (Phi) is 4.51. The highest BCUT2D eigenvalue weighted by Gasteiger charge is 2.14. The zero-order valence-electron chi connectivity index (χ0n) is 9.22. The molecule has 16 heavy (non-hydrogen) atoms. The van der Waals surface area contributed by atoms with Gasteiger partial charge in [0, 0.05) is 18.7 Å². The van der Waals surface area contributed by atoms with Crippen LogP contribution in [0.4, 0.5) is 0 Å². The summed E-state index contributed by atoms with van der Waals surface area (Å²) < 4.78 is 0. The lowest BCUT2D eigenvalue weighted by molar-refractivity contribution is -0.137. The van der Waals surface area contributed by atoms with Gasteiger partial charge in [-0.3, -0.25) is 9.59 Å². The van der Waals surface area contributed by atoms with Crippen molar-refractivity contribution in [2.24, 2.45) is 0 Å². The molecule has 0 heterocycles. The molecule has 0 saturated carbocycles. The molecule has 0 bridgehead atoms. The van der Waals surface area contributed by atoms with E-state index in [4.69, 9.17) is 5.11 Å². The van der Waals surface area contributed by atoms with Crippen molar-refractivity contribution in [2.75, 3.05) is 13.1 Å². The summed E-state index contributed by atoms with van der Waals surface area (Å²) in [6, 6.07) is 8.87. The lowest BCUT2D eigenvalue weighted by Gasteiger charge is -2.19. The number of aliphatic carboxylic acids is 1. The summed E-state index contributed by atoms with van der Waals surface area (Å²) in [7, 11) is 0. The lowest BCUT2D eigenvalue weighted by atomic mass is 10.2. The van der Waals surface area contributed by atoms with Crippen molar-refractivity contribution < 1.29 is 14.7 Å². The number of benzene rings is 1. The predicted molar refractivity (Wildman–Crippen MR) is 60.3 cm³/mol. The summed E-state index contributed by atoms with van der Waals surface area (Å²) in [4.78, 5) is 23.9. The van der Waals surface area contributed by atoms with Crippen molar-refractivity contribution in [1.82, 2.24) is 4.90 Å². The van der Waals surface area contributed by atoms with Crippen LogP contribution in [0.1, 0.15) is 23.7 Å². The highest BCUT2D eigenvalue weighted by Crippen LogP contribution is 2.05. The molecule has 0 aliphatic heterocycles. The third-order valence-electron chi connectivity index (χ3n) is 2.29. The van der Waals surface area contributed by atoms with Crippen molar-refractivity contribution in [3.05, 3.63) is 35.9 Å². The van der Waals surface area contributed by atoms with Crippen molar-refractivity contribution in [2.45, 2.75) is 13.3 Å². The molecule has 0 fully saturated rings. The van der Waals surface area contributed by atoms with E-state index in [2.05, 4.69) is 0 Å². The Bertz CT molecular complexity index is 362. The minimum atomic E-state index is -0.890. The van der Waals surface area contributed by atoms with Gasteiger partial charge in [-0.15, -0.1) is 0 Å². The Morgan fingerprint density at radius 1 is 1.25 bits per heavy atom. The standard InChI is InChI=1S/C12H15NO3/c1-2-13(9-8-11(14)15)12(16)10-6-4-3-5-7-10/h3-7H,2,8-9H2,1H3,(H,14,15). The smallest absolute Gasteiger partial charge is 0.305 e. The van der Waals surface area contributed by atoms with E-state index in [1.54, 1.807) is 24.3 Å². The molecule has 0 aromatic heterocycles. The molecule has 0 aliphatic carbocycles. The minimum absolute atomic E-state index is 0.0214. The normalized spacial score (nSPS) is 9.81. The van der Waals surface area contributed by atoms with Crippen molar-refractivity contribution in [3.8, 4) is 0 Å². The van der Waals surface area contributed by atoms with Gasteiger partial charge in [0.25, 0.3) is 5.91 Å². The van der Waals surface area contributed by atoms with Crippen LogP contribution in [0.3, 0.4) is 0 Å². The van der Waals surface area contributed by atoms with Crippen LogP contribution in [0, 0.1) is 0 Å². The maximum absolute atomic E-state index is 11.9. The molecule has 1 rings (SSSR count). The average molecular weight is 221 g/mol. The summed E-state index contributed by atoms with van der Waals surface area (Å²) >= 11 is 0. The summed E-state index contributed by atoms with van der Waals surface area (Å²) in [5.74, 6) is -1.01. The topological polar surface area (TPSA) is 57.6 Å². The number of carboxylic acids is 1. The average Bonchev–Trinajstić information content (AvgIpc) is 2.30. The van der Waals surface area contributed by atoms with Crippen LogP contribution in [0.15, 0.2) is 30.3 Å². The first-order chi connectivity index (χ1) is 7.65. The van der Waals surface area contributed by atoms with E-state index in [0.29, 0.717) is 12.1 Å². The third-order valence-corrected chi connectivity index (χ3v) is 2.29. The number of carbonyl (C=O) groups excluding carboxylic acids is 1. The van der Waals surface area contributed by atoms with Crippen LogP contribution in [0.25, 0.3) is 0 Å². The van der Waals surface area contributed by atoms with Gasteiger partial charge in [-0.2, -0.15) is 0 Å². The Hall–Kier alpha value is -1.84. The second kappa shape index (κ2) is 5.90. The molecule has 1 aromatic carbocycles. The lowest BCUT2D eigenvalue weighted by Crippen LogP contribution is -2.32. The van der Waals surface area contributed by atoms with Crippen molar-refractivity contribution in [1.29, 1.82) is 0 Å². The number of amides is 1. The van der Waals surface area contributed by atoms with Gasteiger partial charge in [-0.05, 0) is 19.1 Å². The van der Waals surface area contributed by atoms with E-state index in [1.807, 2.05) is 13.0 Å². The Labute approximate surface area is 94.5 Å². The van der Waals surface area contributed by atoms with Gasteiger partial charge in [0.05, 0.1) is 6.42 Å². The maximum atomic E-state index is 11.9. The van der Waals surface area contributed by atoms with Gasteiger partial charge in [0.1, 0.15) is 0 Å². The number of hydrogen-bond donors (Lipinski definition) is 1. The number of nitrogens with zero attached hydrogens (tertiary/aromatic N) is 1. The quantitative estimate of drug-likeness (QED) is 0.822. The molecule has 0 radical (unpaired) electrons. The fourth-order valence-electron chi connectivity index (χ4n) is 1.40. The van der Waals surface area contributed by atoms with Crippen LogP contribution in [-0.2, 0) is 4.79 Å². The molecule has 0 spiro atoms. The van der Waals surface area contributed by atoms with Gasteiger partial charge in [0.15, 0.2) is 0 Å². The maximum Gasteiger partial charge on any atom is 0.305 e. The van der Waals surface area contributed by atoms with Crippen LogP contribution in [0.2, 0.25) is 0 Å². The van der Waals surface area contributed by atoms with Crippen molar-refractivity contribution >= 4 is 11.9 Å². The molecule has 0 atom stereocenters. The number of hydrogen-bond acceptors (Lipinski definition) is 2. The third kappa shape index (κ3) is 3.38. The zero-order valence-corrected chi connectivity index (χ0v) is 9.22. The number of carboxylic acid groups (broad SMARTS) is 1. The summed E-state index contributed by atoms with van der Waals surface area (Å²) in [5.41, 5.74) is 0.592. The van der Waals surface area contributed by atoms with Gasteiger partial charge in [-0.1, -0.05) is 18.2 Å². The first kappa shape index (κ1) is 12.2. The summed E-state index contributed by atoms with van der Waals surface area (Å²) in [6.45, 7) is 2.60. The molecule has 1 aromatic rings. The Morgan fingerprint density at radius 2 is 1.88 bits per heavy atom. The monoisotopic (exact) mass is 221 g/mol. The van der Waals surface area contributed by atoms with E-state index in [-0.39, 0.29) is 18.9 Å². The predicted octanol–water partition coefficient (Wildman–Crippen LogP) is 1.62. The fraction of sp³-hybridized carbons (Fsp3) is 0.333. The number of carbonyl (C=O) groups is 2. The molecule has 0 aliphatic rings. The number of rotatable bonds is 5. The summed E-state index contributed by atoms with van der Waals surface area (Å²) in [5, 5.41) is 8.57. The van der Waals surface area contributed by atoms with E-state index in [0.717, 1.165) is 0 Å². The molecule has 1 N–H and O–H groups in total.